The number of carbonyl (C=O) groups excluding carboxylic acids is 1. The Balaban J connectivity index is 2.38. The van der Waals surface area contributed by atoms with Crippen molar-refractivity contribution in [1.82, 2.24) is 9.21 Å². The lowest BCUT2D eigenvalue weighted by molar-refractivity contribution is 0.0764. The number of halogens is 1. The molecule has 0 aliphatic heterocycles. The maximum Gasteiger partial charge on any atom is 0.254 e. The van der Waals surface area contributed by atoms with Crippen molar-refractivity contribution >= 4 is 38.9 Å². The van der Waals surface area contributed by atoms with Gasteiger partial charge in [-0.2, -0.15) is 0 Å². The van der Waals surface area contributed by atoms with E-state index in [1.54, 1.807) is 22.3 Å². The van der Waals surface area contributed by atoms with Crippen LogP contribution < -0.4 is 0 Å². The summed E-state index contributed by atoms with van der Waals surface area (Å²) in [6, 6.07) is 8.15. The van der Waals surface area contributed by atoms with Gasteiger partial charge in [0.2, 0.25) is 10.0 Å². The number of thiophene rings is 1. The number of amides is 1. The van der Waals surface area contributed by atoms with E-state index in [0.29, 0.717) is 13.1 Å². The lowest BCUT2D eigenvalue weighted by atomic mass is 10.2. The van der Waals surface area contributed by atoms with Gasteiger partial charge in [-0.15, -0.1) is 17.9 Å². The van der Waals surface area contributed by atoms with E-state index < -0.39 is 10.0 Å². The van der Waals surface area contributed by atoms with Crippen LogP contribution in [0.15, 0.2) is 53.3 Å². The van der Waals surface area contributed by atoms with Crippen molar-refractivity contribution < 1.29 is 13.2 Å². The molecule has 0 bridgehead atoms. The second kappa shape index (κ2) is 8.14. The number of hydrogen-bond acceptors (Lipinski definition) is 4. The number of rotatable bonds is 7. The highest BCUT2D eigenvalue weighted by molar-refractivity contribution is 7.89. The molecule has 1 aromatic heterocycles. The van der Waals surface area contributed by atoms with Crippen LogP contribution in [0.4, 0.5) is 0 Å². The molecule has 0 aliphatic rings. The third kappa shape index (κ3) is 4.49. The maximum atomic E-state index is 12.9. The first-order chi connectivity index (χ1) is 11.8. The van der Waals surface area contributed by atoms with E-state index in [1.807, 2.05) is 17.5 Å². The van der Waals surface area contributed by atoms with Crippen LogP contribution in [0.2, 0.25) is 5.02 Å². The van der Waals surface area contributed by atoms with Gasteiger partial charge in [0.05, 0.1) is 11.6 Å². The molecule has 2 aromatic rings. The Morgan fingerprint density at radius 2 is 2.04 bits per heavy atom. The molecule has 1 heterocycles. The minimum atomic E-state index is -3.74. The lowest BCUT2D eigenvalue weighted by Crippen LogP contribution is -2.31. The van der Waals surface area contributed by atoms with Crippen molar-refractivity contribution in [2.75, 3.05) is 20.6 Å². The normalized spacial score (nSPS) is 11.5. The van der Waals surface area contributed by atoms with Gasteiger partial charge < -0.3 is 4.90 Å². The molecule has 25 heavy (non-hydrogen) atoms. The van der Waals surface area contributed by atoms with Gasteiger partial charge in [0, 0.05) is 31.1 Å². The van der Waals surface area contributed by atoms with Crippen molar-refractivity contribution in [3.05, 3.63) is 63.8 Å². The maximum absolute atomic E-state index is 12.9. The summed E-state index contributed by atoms with van der Waals surface area (Å²) in [6.45, 7) is 4.47. The summed E-state index contributed by atoms with van der Waals surface area (Å²) >= 11 is 7.59. The fraction of sp³-hybridized carbons (Fsp3) is 0.235. The van der Waals surface area contributed by atoms with Gasteiger partial charge in [0.25, 0.3) is 5.91 Å². The summed E-state index contributed by atoms with van der Waals surface area (Å²) < 4.78 is 25.8. The zero-order chi connectivity index (χ0) is 18.6. The van der Waals surface area contributed by atoms with Gasteiger partial charge in [-0.3, -0.25) is 4.79 Å². The average Bonchev–Trinajstić information content (AvgIpc) is 3.07. The van der Waals surface area contributed by atoms with E-state index in [4.69, 9.17) is 11.6 Å². The summed E-state index contributed by atoms with van der Waals surface area (Å²) in [5.41, 5.74) is 0.267. The van der Waals surface area contributed by atoms with Gasteiger partial charge in [0.1, 0.15) is 4.90 Å². The molecular weight excluding hydrogens is 380 g/mol. The van der Waals surface area contributed by atoms with Crippen LogP contribution in [0.3, 0.4) is 0 Å². The Morgan fingerprint density at radius 3 is 2.60 bits per heavy atom. The molecule has 2 rings (SSSR count). The smallest absolute Gasteiger partial charge is 0.254 e. The topological polar surface area (TPSA) is 57.7 Å². The predicted molar refractivity (Wildman–Crippen MR) is 102 cm³/mol. The Bertz CT molecular complexity index is 862. The molecule has 0 fully saturated rings. The molecule has 0 spiro atoms. The van der Waals surface area contributed by atoms with Crippen molar-refractivity contribution in [3.8, 4) is 0 Å². The first-order valence-electron chi connectivity index (χ1n) is 7.42. The molecule has 0 N–H and O–H groups in total. The SMILES string of the molecule is C=CCN(Cc1cccs1)C(=O)c1ccc(Cl)c(S(=O)(=O)N(C)C)c1. The predicted octanol–water partition coefficient (Wildman–Crippen LogP) is 3.48. The van der Waals surface area contributed by atoms with Gasteiger partial charge in [-0.05, 0) is 29.6 Å². The van der Waals surface area contributed by atoms with Crippen LogP contribution in [-0.4, -0.2) is 44.2 Å². The highest BCUT2D eigenvalue weighted by Crippen LogP contribution is 2.26. The zero-order valence-electron chi connectivity index (χ0n) is 14.0. The van der Waals surface area contributed by atoms with E-state index >= 15 is 0 Å². The highest BCUT2D eigenvalue weighted by Gasteiger charge is 2.24. The first-order valence-corrected chi connectivity index (χ1v) is 10.1. The Morgan fingerprint density at radius 1 is 1.32 bits per heavy atom. The molecule has 0 aliphatic carbocycles. The van der Waals surface area contributed by atoms with Crippen LogP contribution in [0, 0.1) is 0 Å². The monoisotopic (exact) mass is 398 g/mol. The second-order valence-electron chi connectivity index (χ2n) is 5.49. The largest absolute Gasteiger partial charge is 0.330 e. The molecule has 5 nitrogen and oxygen atoms in total. The van der Waals surface area contributed by atoms with Crippen LogP contribution in [0.1, 0.15) is 15.2 Å². The van der Waals surface area contributed by atoms with E-state index in [9.17, 15) is 13.2 Å². The molecule has 0 saturated heterocycles. The summed E-state index contributed by atoms with van der Waals surface area (Å²) in [6.07, 6.45) is 1.64. The molecule has 0 radical (unpaired) electrons. The summed E-state index contributed by atoms with van der Waals surface area (Å²) in [5.74, 6) is -0.278. The van der Waals surface area contributed by atoms with E-state index in [2.05, 4.69) is 6.58 Å². The van der Waals surface area contributed by atoms with E-state index in [1.165, 1.54) is 32.3 Å². The minimum absolute atomic E-state index is 0.0822. The number of sulfonamides is 1. The Kier molecular flexibility index (Phi) is 6.40. The molecule has 1 amide bonds. The third-order valence-electron chi connectivity index (χ3n) is 3.50. The Hall–Kier alpha value is -1.67. The molecular formula is C17H19ClN2O3S2. The summed E-state index contributed by atoms with van der Waals surface area (Å²) in [4.78, 5) is 15.4. The van der Waals surface area contributed by atoms with Crippen LogP contribution >= 0.6 is 22.9 Å². The quantitative estimate of drug-likeness (QED) is 0.671. The van der Waals surface area contributed by atoms with Crippen LogP contribution in [0.5, 0.6) is 0 Å². The average molecular weight is 399 g/mol. The number of benzene rings is 1. The highest BCUT2D eigenvalue weighted by atomic mass is 35.5. The van der Waals surface area contributed by atoms with Gasteiger partial charge in [0.15, 0.2) is 0 Å². The van der Waals surface area contributed by atoms with Crippen LogP contribution in [-0.2, 0) is 16.6 Å². The van der Waals surface area contributed by atoms with Crippen molar-refractivity contribution in [2.45, 2.75) is 11.4 Å². The van der Waals surface area contributed by atoms with E-state index in [0.717, 1.165) is 9.18 Å². The molecule has 134 valence electrons. The molecule has 0 atom stereocenters. The zero-order valence-corrected chi connectivity index (χ0v) is 16.4. The fourth-order valence-corrected chi connectivity index (χ4v) is 4.29. The molecule has 0 unspecified atom stereocenters. The van der Waals surface area contributed by atoms with Gasteiger partial charge in [-0.1, -0.05) is 23.7 Å². The Labute approximate surface area is 157 Å². The van der Waals surface area contributed by atoms with Gasteiger partial charge in [-0.25, -0.2) is 12.7 Å². The van der Waals surface area contributed by atoms with Gasteiger partial charge >= 0.3 is 0 Å². The molecule has 0 saturated carbocycles. The number of hydrogen-bond donors (Lipinski definition) is 0. The van der Waals surface area contributed by atoms with Crippen molar-refractivity contribution in [2.24, 2.45) is 0 Å². The minimum Gasteiger partial charge on any atom is -0.330 e. The first kappa shape index (κ1) is 19.7. The van der Waals surface area contributed by atoms with Crippen molar-refractivity contribution in [1.29, 1.82) is 0 Å². The fourth-order valence-electron chi connectivity index (χ4n) is 2.18. The van der Waals surface area contributed by atoms with E-state index in [-0.39, 0.29) is 21.4 Å². The third-order valence-corrected chi connectivity index (χ3v) is 6.66. The second-order valence-corrected chi connectivity index (χ2v) is 9.05. The standard InChI is InChI=1S/C17H19ClN2O3S2/c1-4-9-20(12-14-6-5-10-24-14)17(21)13-7-8-15(18)16(11-13)25(22,23)19(2)3/h4-8,10-11H,1,9,12H2,2-3H3. The summed E-state index contributed by atoms with van der Waals surface area (Å²) in [5, 5.41) is 2.02. The summed E-state index contributed by atoms with van der Waals surface area (Å²) in [7, 11) is -0.904. The molecule has 8 heteroatoms. The lowest BCUT2D eigenvalue weighted by Gasteiger charge is -2.21. The number of nitrogens with zero attached hydrogens (tertiary/aromatic N) is 2. The van der Waals surface area contributed by atoms with Crippen LogP contribution in [0.25, 0.3) is 0 Å². The molecule has 1 aromatic carbocycles. The van der Waals surface area contributed by atoms with Crippen molar-refractivity contribution in [3.63, 3.8) is 0 Å². The number of carbonyl (C=O) groups is 1.